The van der Waals surface area contributed by atoms with Gasteiger partial charge in [-0.15, -0.1) is 0 Å². The minimum atomic E-state index is -3.57. The van der Waals surface area contributed by atoms with Gasteiger partial charge in [-0.05, 0) is 26.8 Å². The lowest BCUT2D eigenvalue weighted by molar-refractivity contribution is 0.308. The molecule has 0 aromatic carbocycles. The van der Waals surface area contributed by atoms with Crippen LogP contribution in [0.3, 0.4) is 0 Å². The van der Waals surface area contributed by atoms with Gasteiger partial charge in [0.25, 0.3) is 15.2 Å². The van der Waals surface area contributed by atoms with Crippen molar-refractivity contribution in [2.75, 3.05) is 19.6 Å². The van der Waals surface area contributed by atoms with E-state index in [1.54, 1.807) is 19.9 Å². The zero-order valence-electron chi connectivity index (χ0n) is 10.8. The SMILES string of the molecule is Cc1cc(C)nc(S(=O)(=O)N2CCN[C@@H](C)C2)n1. The average Bonchev–Trinajstić information content (AvgIpc) is 2.27. The number of rotatable bonds is 2. The molecule has 0 unspecified atom stereocenters. The Bertz CT molecular complexity index is 524. The molecule has 1 aromatic rings. The Morgan fingerprint density at radius 1 is 1.33 bits per heavy atom. The number of aromatic nitrogens is 2. The van der Waals surface area contributed by atoms with Crippen molar-refractivity contribution in [1.29, 1.82) is 0 Å². The fraction of sp³-hybridized carbons (Fsp3) is 0.636. The molecule has 0 radical (unpaired) electrons. The summed E-state index contributed by atoms with van der Waals surface area (Å²) in [5.74, 6) is 0. The molecule has 7 heteroatoms. The minimum Gasteiger partial charge on any atom is -0.312 e. The topological polar surface area (TPSA) is 75.2 Å². The van der Waals surface area contributed by atoms with E-state index in [-0.39, 0.29) is 11.2 Å². The molecule has 1 atom stereocenters. The lowest BCUT2D eigenvalue weighted by Gasteiger charge is -2.30. The third-order valence-corrected chi connectivity index (χ3v) is 4.52. The van der Waals surface area contributed by atoms with Crippen LogP contribution >= 0.6 is 0 Å². The van der Waals surface area contributed by atoms with Crippen LogP contribution in [-0.4, -0.2) is 48.4 Å². The number of aryl methyl sites for hydroxylation is 2. The van der Waals surface area contributed by atoms with Gasteiger partial charge in [-0.2, -0.15) is 4.31 Å². The fourth-order valence-electron chi connectivity index (χ4n) is 2.04. The number of hydrogen-bond acceptors (Lipinski definition) is 5. The van der Waals surface area contributed by atoms with Crippen LogP contribution in [0.1, 0.15) is 18.3 Å². The molecular formula is C11H18N4O2S. The highest BCUT2D eigenvalue weighted by molar-refractivity contribution is 7.88. The van der Waals surface area contributed by atoms with Crippen molar-refractivity contribution in [2.45, 2.75) is 32.0 Å². The Labute approximate surface area is 107 Å². The first-order valence-electron chi connectivity index (χ1n) is 5.95. The summed E-state index contributed by atoms with van der Waals surface area (Å²) >= 11 is 0. The Kier molecular flexibility index (Phi) is 3.65. The van der Waals surface area contributed by atoms with E-state index in [0.717, 1.165) is 0 Å². The number of hydrogen-bond donors (Lipinski definition) is 1. The number of nitrogens with one attached hydrogen (secondary N) is 1. The average molecular weight is 270 g/mol. The molecule has 0 bridgehead atoms. The highest BCUT2D eigenvalue weighted by Crippen LogP contribution is 2.14. The van der Waals surface area contributed by atoms with Crippen LogP contribution in [0.4, 0.5) is 0 Å². The molecular weight excluding hydrogens is 252 g/mol. The Balaban J connectivity index is 2.35. The van der Waals surface area contributed by atoms with E-state index in [2.05, 4.69) is 15.3 Å². The lowest BCUT2D eigenvalue weighted by atomic mass is 10.3. The Hall–Kier alpha value is -1.05. The van der Waals surface area contributed by atoms with E-state index >= 15 is 0 Å². The van der Waals surface area contributed by atoms with E-state index in [0.29, 0.717) is 31.0 Å². The van der Waals surface area contributed by atoms with Crippen molar-refractivity contribution in [3.8, 4) is 0 Å². The first kappa shape index (κ1) is 13.4. The van der Waals surface area contributed by atoms with Gasteiger partial charge in [-0.3, -0.25) is 0 Å². The summed E-state index contributed by atoms with van der Waals surface area (Å²) in [7, 11) is -3.57. The normalized spacial score (nSPS) is 22.1. The molecule has 1 fully saturated rings. The predicted molar refractivity (Wildman–Crippen MR) is 67.7 cm³/mol. The number of nitrogens with zero attached hydrogens (tertiary/aromatic N) is 3. The lowest BCUT2D eigenvalue weighted by Crippen LogP contribution is -2.51. The van der Waals surface area contributed by atoms with Gasteiger partial charge in [-0.25, -0.2) is 18.4 Å². The van der Waals surface area contributed by atoms with Crippen molar-refractivity contribution < 1.29 is 8.42 Å². The standard InChI is InChI=1S/C11H18N4O2S/c1-8-6-9(2)14-11(13-8)18(16,17)15-5-4-12-10(3)7-15/h6,10,12H,4-5,7H2,1-3H3/t10-/m0/s1. The molecule has 0 spiro atoms. The van der Waals surface area contributed by atoms with Crippen molar-refractivity contribution in [3.63, 3.8) is 0 Å². The van der Waals surface area contributed by atoms with Gasteiger partial charge in [0.1, 0.15) is 0 Å². The zero-order chi connectivity index (χ0) is 13.3. The maximum atomic E-state index is 12.4. The molecule has 18 heavy (non-hydrogen) atoms. The third kappa shape index (κ3) is 2.68. The van der Waals surface area contributed by atoms with Crippen LogP contribution in [0, 0.1) is 13.8 Å². The quantitative estimate of drug-likeness (QED) is 0.770. The molecule has 1 N–H and O–H groups in total. The molecule has 1 saturated heterocycles. The van der Waals surface area contributed by atoms with Gasteiger partial charge in [0.2, 0.25) is 0 Å². The Morgan fingerprint density at radius 2 is 1.94 bits per heavy atom. The number of sulfonamides is 1. The predicted octanol–water partition coefficient (Wildman–Crippen LogP) is 0.0758. The van der Waals surface area contributed by atoms with Crippen LogP contribution in [0.15, 0.2) is 11.2 Å². The van der Waals surface area contributed by atoms with Crippen molar-refractivity contribution in [2.24, 2.45) is 0 Å². The van der Waals surface area contributed by atoms with Crippen LogP contribution in [0.5, 0.6) is 0 Å². The monoisotopic (exact) mass is 270 g/mol. The molecule has 2 heterocycles. The van der Waals surface area contributed by atoms with E-state index in [1.807, 2.05) is 6.92 Å². The molecule has 2 rings (SSSR count). The summed E-state index contributed by atoms with van der Waals surface area (Å²) in [5, 5.41) is 3.12. The fourth-order valence-corrected chi connectivity index (χ4v) is 3.54. The second-order valence-electron chi connectivity index (χ2n) is 4.65. The van der Waals surface area contributed by atoms with Gasteiger partial charge in [-0.1, -0.05) is 0 Å². The molecule has 1 aliphatic rings. The summed E-state index contributed by atoms with van der Waals surface area (Å²) in [6.45, 7) is 7.08. The Morgan fingerprint density at radius 3 is 2.50 bits per heavy atom. The summed E-state index contributed by atoms with van der Waals surface area (Å²) in [6, 6.07) is 1.92. The van der Waals surface area contributed by atoms with Gasteiger partial charge in [0.05, 0.1) is 0 Å². The highest BCUT2D eigenvalue weighted by Gasteiger charge is 2.30. The summed E-state index contributed by atoms with van der Waals surface area (Å²) < 4.78 is 26.3. The number of piperazine rings is 1. The van der Waals surface area contributed by atoms with E-state index in [9.17, 15) is 8.42 Å². The zero-order valence-corrected chi connectivity index (χ0v) is 11.7. The summed E-state index contributed by atoms with van der Waals surface area (Å²) in [4.78, 5) is 8.09. The molecule has 6 nitrogen and oxygen atoms in total. The minimum absolute atomic E-state index is 0.0888. The van der Waals surface area contributed by atoms with Gasteiger partial charge in [0, 0.05) is 37.1 Å². The van der Waals surface area contributed by atoms with Gasteiger partial charge in [0.15, 0.2) is 0 Å². The first-order chi connectivity index (χ1) is 8.39. The van der Waals surface area contributed by atoms with Crippen LogP contribution < -0.4 is 5.32 Å². The maximum absolute atomic E-state index is 12.4. The first-order valence-corrected chi connectivity index (χ1v) is 7.39. The molecule has 0 aliphatic carbocycles. The summed E-state index contributed by atoms with van der Waals surface area (Å²) in [5.41, 5.74) is 1.34. The van der Waals surface area contributed by atoms with Crippen LogP contribution in [0.2, 0.25) is 0 Å². The smallest absolute Gasteiger partial charge is 0.278 e. The van der Waals surface area contributed by atoms with E-state index < -0.39 is 10.0 Å². The van der Waals surface area contributed by atoms with Gasteiger partial charge >= 0.3 is 0 Å². The second kappa shape index (κ2) is 4.91. The maximum Gasteiger partial charge on any atom is 0.278 e. The molecule has 0 saturated carbocycles. The van der Waals surface area contributed by atoms with E-state index in [1.165, 1.54) is 4.31 Å². The molecule has 0 amide bonds. The van der Waals surface area contributed by atoms with Gasteiger partial charge < -0.3 is 5.32 Å². The largest absolute Gasteiger partial charge is 0.312 e. The second-order valence-corrected chi connectivity index (χ2v) is 6.48. The molecule has 100 valence electrons. The van der Waals surface area contributed by atoms with Crippen molar-refractivity contribution >= 4 is 10.0 Å². The molecule has 1 aliphatic heterocycles. The highest BCUT2D eigenvalue weighted by atomic mass is 32.2. The molecule has 1 aromatic heterocycles. The van der Waals surface area contributed by atoms with Crippen molar-refractivity contribution in [3.05, 3.63) is 17.5 Å². The summed E-state index contributed by atoms with van der Waals surface area (Å²) in [6.07, 6.45) is 0. The van der Waals surface area contributed by atoms with Crippen LogP contribution in [-0.2, 0) is 10.0 Å². The third-order valence-electron chi connectivity index (χ3n) is 2.86. The van der Waals surface area contributed by atoms with Crippen LogP contribution in [0.25, 0.3) is 0 Å². The van der Waals surface area contributed by atoms with E-state index in [4.69, 9.17) is 0 Å². The van der Waals surface area contributed by atoms with Crippen molar-refractivity contribution in [1.82, 2.24) is 19.6 Å².